The van der Waals surface area contributed by atoms with Gasteiger partial charge in [-0.1, -0.05) is 0 Å². The van der Waals surface area contributed by atoms with E-state index >= 15 is 0 Å². The predicted molar refractivity (Wildman–Crippen MR) is 56.3 cm³/mol. The lowest BCUT2D eigenvalue weighted by Crippen LogP contribution is -2.52. The van der Waals surface area contributed by atoms with Crippen molar-refractivity contribution >= 4 is 5.97 Å². The van der Waals surface area contributed by atoms with Crippen LogP contribution in [0.3, 0.4) is 0 Å². The van der Waals surface area contributed by atoms with E-state index in [-0.39, 0.29) is 5.75 Å². The molecule has 0 unspecified atom stereocenters. The zero-order valence-electron chi connectivity index (χ0n) is 8.64. The fourth-order valence-electron chi connectivity index (χ4n) is 1.74. The van der Waals surface area contributed by atoms with Gasteiger partial charge in [0.15, 0.2) is 0 Å². The molecule has 1 aliphatic heterocycles. The summed E-state index contributed by atoms with van der Waals surface area (Å²) in [5, 5.41) is 21.1. The lowest BCUT2D eigenvalue weighted by molar-refractivity contribution is -0.157. The van der Waals surface area contributed by atoms with Crippen LogP contribution in [0.4, 0.5) is 0 Å². The van der Waals surface area contributed by atoms with E-state index in [9.17, 15) is 4.79 Å². The van der Waals surface area contributed by atoms with Gasteiger partial charge in [-0.15, -0.1) is 0 Å². The number of carboxylic acid groups (broad SMARTS) is 1. The smallest absolute Gasteiger partial charge is 0.363 e. The summed E-state index contributed by atoms with van der Waals surface area (Å²) in [6, 6.07) is 6.00. The molecule has 1 atom stereocenters. The molecule has 0 aromatic heterocycles. The second-order valence-corrected chi connectivity index (χ2v) is 3.76. The maximum Gasteiger partial charge on any atom is 0.363 e. The van der Waals surface area contributed by atoms with Gasteiger partial charge in [0.2, 0.25) is 0 Å². The molecule has 0 aliphatic carbocycles. The Balaban J connectivity index is 2.18. The van der Waals surface area contributed by atoms with Crippen LogP contribution in [-0.4, -0.2) is 28.5 Å². The van der Waals surface area contributed by atoms with Crippen molar-refractivity contribution in [3.05, 3.63) is 24.3 Å². The van der Waals surface area contributed by atoms with Crippen LogP contribution in [0.25, 0.3) is 0 Å². The van der Waals surface area contributed by atoms with Gasteiger partial charge in [0.25, 0.3) is 5.72 Å². The number of rotatable bonds is 3. The molecule has 0 spiro atoms. The molecular formula is C11H13NO4. The number of nitrogens with one attached hydrogen (secondary N) is 1. The zero-order valence-corrected chi connectivity index (χ0v) is 8.64. The van der Waals surface area contributed by atoms with Crippen LogP contribution in [0.1, 0.15) is 12.8 Å². The molecule has 86 valence electrons. The van der Waals surface area contributed by atoms with Crippen LogP contribution in [0, 0.1) is 0 Å². The minimum absolute atomic E-state index is 0.121. The van der Waals surface area contributed by atoms with Crippen molar-refractivity contribution < 1.29 is 19.7 Å². The first-order chi connectivity index (χ1) is 7.62. The van der Waals surface area contributed by atoms with E-state index in [4.69, 9.17) is 14.9 Å². The zero-order chi connectivity index (χ0) is 11.6. The molecule has 1 saturated heterocycles. The molecule has 5 nitrogen and oxygen atoms in total. The summed E-state index contributed by atoms with van der Waals surface area (Å²) >= 11 is 0. The van der Waals surface area contributed by atoms with Gasteiger partial charge in [-0.25, -0.2) is 4.79 Å². The number of phenolic OH excluding ortho intramolecular Hbond substituents is 1. The summed E-state index contributed by atoms with van der Waals surface area (Å²) in [6.07, 6.45) is 1.20. The van der Waals surface area contributed by atoms with Crippen LogP contribution in [0.5, 0.6) is 11.5 Å². The highest BCUT2D eigenvalue weighted by Crippen LogP contribution is 2.26. The number of hydrogen-bond acceptors (Lipinski definition) is 4. The van der Waals surface area contributed by atoms with E-state index in [0.717, 1.165) is 6.42 Å². The van der Waals surface area contributed by atoms with Crippen molar-refractivity contribution in [2.45, 2.75) is 18.6 Å². The fourth-order valence-corrected chi connectivity index (χ4v) is 1.74. The van der Waals surface area contributed by atoms with E-state index in [1.165, 1.54) is 12.1 Å². The largest absolute Gasteiger partial charge is 0.508 e. The lowest BCUT2D eigenvalue weighted by Gasteiger charge is -2.25. The molecule has 5 heteroatoms. The number of aliphatic carboxylic acids is 1. The Morgan fingerprint density at radius 2 is 2.06 bits per heavy atom. The normalized spacial score (nSPS) is 24.2. The topological polar surface area (TPSA) is 78.8 Å². The van der Waals surface area contributed by atoms with Crippen LogP contribution in [-0.2, 0) is 4.79 Å². The maximum atomic E-state index is 11.2. The first-order valence-electron chi connectivity index (χ1n) is 5.09. The van der Waals surface area contributed by atoms with Crippen molar-refractivity contribution in [1.29, 1.82) is 0 Å². The highest BCUT2D eigenvalue weighted by atomic mass is 16.5. The van der Waals surface area contributed by atoms with Gasteiger partial charge in [-0.05, 0) is 37.2 Å². The van der Waals surface area contributed by atoms with Gasteiger partial charge in [0.05, 0.1) is 0 Å². The van der Waals surface area contributed by atoms with Crippen LogP contribution in [0.2, 0.25) is 0 Å². The molecule has 1 heterocycles. The minimum Gasteiger partial charge on any atom is -0.508 e. The van der Waals surface area contributed by atoms with E-state index in [0.29, 0.717) is 18.7 Å². The quantitative estimate of drug-likeness (QED) is 0.710. The Bertz CT molecular complexity index is 381. The summed E-state index contributed by atoms with van der Waals surface area (Å²) in [7, 11) is 0. The molecule has 0 amide bonds. The Morgan fingerprint density at radius 1 is 1.38 bits per heavy atom. The van der Waals surface area contributed by atoms with Gasteiger partial charge in [-0.2, -0.15) is 0 Å². The minimum atomic E-state index is -1.32. The van der Waals surface area contributed by atoms with Crippen molar-refractivity contribution in [3.8, 4) is 11.5 Å². The molecule has 0 radical (unpaired) electrons. The Kier molecular flexibility index (Phi) is 2.70. The van der Waals surface area contributed by atoms with Gasteiger partial charge in [0.1, 0.15) is 11.5 Å². The summed E-state index contributed by atoms with van der Waals surface area (Å²) in [6.45, 7) is 0.629. The van der Waals surface area contributed by atoms with Crippen LogP contribution in [0.15, 0.2) is 24.3 Å². The van der Waals surface area contributed by atoms with Crippen molar-refractivity contribution in [3.63, 3.8) is 0 Å². The number of ether oxygens (including phenoxy) is 1. The number of carbonyl (C=O) groups is 1. The SMILES string of the molecule is O=C(O)[C@]1(Oc2ccc(O)cc2)CCCN1. The molecular weight excluding hydrogens is 210 g/mol. The van der Waals surface area contributed by atoms with Crippen LogP contribution < -0.4 is 10.1 Å². The maximum absolute atomic E-state index is 11.2. The third-order valence-electron chi connectivity index (χ3n) is 2.59. The van der Waals surface area contributed by atoms with Crippen molar-refractivity contribution in [1.82, 2.24) is 5.32 Å². The van der Waals surface area contributed by atoms with E-state index in [2.05, 4.69) is 5.32 Å². The Labute approximate surface area is 92.7 Å². The summed E-state index contributed by atoms with van der Waals surface area (Å²) < 4.78 is 5.46. The number of carboxylic acids is 1. The molecule has 16 heavy (non-hydrogen) atoms. The first kappa shape index (κ1) is 10.8. The third-order valence-corrected chi connectivity index (χ3v) is 2.59. The second kappa shape index (κ2) is 4.02. The van der Waals surface area contributed by atoms with E-state index in [1.54, 1.807) is 12.1 Å². The first-order valence-corrected chi connectivity index (χ1v) is 5.09. The van der Waals surface area contributed by atoms with E-state index in [1.807, 2.05) is 0 Å². The Morgan fingerprint density at radius 3 is 2.56 bits per heavy atom. The number of benzene rings is 1. The van der Waals surface area contributed by atoms with Gasteiger partial charge >= 0.3 is 5.97 Å². The van der Waals surface area contributed by atoms with E-state index < -0.39 is 11.7 Å². The summed E-state index contributed by atoms with van der Waals surface area (Å²) in [5.74, 6) is -0.469. The Hall–Kier alpha value is -1.75. The van der Waals surface area contributed by atoms with Gasteiger partial charge in [0, 0.05) is 6.42 Å². The monoisotopic (exact) mass is 223 g/mol. The van der Waals surface area contributed by atoms with Crippen molar-refractivity contribution in [2.24, 2.45) is 0 Å². The molecule has 2 rings (SSSR count). The highest BCUT2D eigenvalue weighted by Gasteiger charge is 2.43. The number of phenols is 1. The predicted octanol–water partition coefficient (Wildman–Crippen LogP) is 0.935. The number of hydrogen-bond donors (Lipinski definition) is 3. The summed E-state index contributed by atoms with van der Waals surface area (Å²) in [5.41, 5.74) is -1.32. The standard InChI is InChI=1S/C11H13NO4/c13-8-2-4-9(5-3-8)16-11(10(14)15)6-1-7-12-11/h2-5,12-13H,1,6-7H2,(H,14,15)/t11-/m1/s1. The molecule has 0 saturated carbocycles. The molecule has 0 bridgehead atoms. The lowest BCUT2D eigenvalue weighted by atomic mass is 10.1. The second-order valence-electron chi connectivity index (χ2n) is 3.76. The molecule has 3 N–H and O–H groups in total. The van der Waals surface area contributed by atoms with Gasteiger partial charge < -0.3 is 14.9 Å². The number of aromatic hydroxyl groups is 1. The molecule has 1 aromatic rings. The molecule has 1 aromatic carbocycles. The highest BCUT2D eigenvalue weighted by molar-refractivity contribution is 5.77. The average Bonchev–Trinajstić information content (AvgIpc) is 2.71. The third kappa shape index (κ3) is 1.94. The van der Waals surface area contributed by atoms with Gasteiger partial charge in [-0.3, -0.25) is 5.32 Å². The molecule has 1 aliphatic rings. The molecule has 1 fully saturated rings. The van der Waals surface area contributed by atoms with Crippen LogP contribution >= 0.6 is 0 Å². The average molecular weight is 223 g/mol. The van der Waals surface area contributed by atoms with Crippen molar-refractivity contribution in [2.75, 3.05) is 6.54 Å². The summed E-state index contributed by atoms with van der Waals surface area (Å²) in [4.78, 5) is 11.2. The fraction of sp³-hybridized carbons (Fsp3) is 0.364.